The van der Waals surface area contributed by atoms with E-state index < -0.39 is 5.97 Å². The highest BCUT2D eigenvalue weighted by molar-refractivity contribution is 7.15. The van der Waals surface area contributed by atoms with Crippen molar-refractivity contribution in [1.82, 2.24) is 4.98 Å². The van der Waals surface area contributed by atoms with Crippen LogP contribution in [0.5, 0.6) is 11.5 Å². The molecule has 1 aliphatic rings. The molecule has 19 heavy (non-hydrogen) atoms. The van der Waals surface area contributed by atoms with E-state index in [1.54, 1.807) is 6.20 Å². The molecule has 1 N–H and O–H groups in total. The van der Waals surface area contributed by atoms with E-state index in [9.17, 15) is 4.79 Å². The molecule has 0 atom stereocenters. The van der Waals surface area contributed by atoms with Gasteiger partial charge in [0.05, 0.1) is 6.42 Å². The third kappa shape index (κ3) is 2.53. The van der Waals surface area contributed by atoms with E-state index in [2.05, 4.69) is 4.98 Å². The number of aliphatic carboxylic acids is 1. The third-order valence-corrected chi connectivity index (χ3v) is 3.86. The number of aromatic nitrogens is 1. The molecule has 0 aliphatic carbocycles. The predicted molar refractivity (Wildman–Crippen MR) is 69.6 cm³/mol. The number of fused-ring (bicyclic) bond motifs is 1. The number of carboxylic acid groups (broad SMARTS) is 1. The van der Waals surface area contributed by atoms with Gasteiger partial charge in [-0.2, -0.15) is 0 Å². The molecule has 1 aliphatic heterocycles. The zero-order valence-corrected chi connectivity index (χ0v) is 10.8. The molecule has 1 aromatic carbocycles. The molecule has 0 bridgehead atoms. The molecular formula is C13H11NO4S. The SMILES string of the molecule is O=C(O)CCc1cnc(-c2ccc3c(c2)OCO3)s1. The summed E-state index contributed by atoms with van der Waals surface area (Å²) in [6, 6.07) is 5.67. The van der Waals surface area contributed by atoms with E-state index in [1.807, 2.05) is 18.2 Å². The fraction of sp³-hybridized carbons (Fsp3) is 0.231. The lowest BCUT2D eigenvalue weighted by Gasteiger charge is -1.98. The Bertz CT molecular complexity index is 623. The van der Waals surface area contributed by atoms with Crippen molar-refractivity contribution >= 4 is 17.3 Å². The molecule has 1 aromatic heterocycles. The number of rotatable bonds is 4. The number of aryl methyl sites for hydroxylation is 1. The number of carbonyl (C=O) groups is 1. The van der Waals surface area contributed by atoms with Crippen LogP contribution in [-0.2, 0) is 11.2 Å². The highest BCUT2D eigenvalue weighted by Gasteiger charge is 2.15. The van der Waals surface area contributed by atoms with Gasteiger partial charge >= 0.3 is 5.97 Å². The van der Waals surface area contributed by atoms with Gasteiger partial charge in [0.25, 0.3) is 0 Å². The van der Waals surface area contributed by atoms with Crippen LogP contribution in [-0.4, -0.2) is 22.9 Å². The van der Waals surface area contributed by atoms with E-state index in [-0.39, 0.29) is 13.2 Å². The summed E-state index contributed by atoms with van der Waals surface area (Å²) in [5.41, 5.74) is 0.954. The summed E-state index contributed by atoms with van der Waals surface area (Å²) in [7, 11) is 0. The van der Waals surface area contributed by atoms with Crippen molar-refractivity contribution < 1.29 is 19.4 Å². The molecule has 0 radical (unpaired) electrons. The number of hydrogen-bond acceptors (Lipinski definition) is 5. The lowest BCUT2D eigenvalue weighted by molar-refractivity contribution is -0.136. The van der Waals surface area contributed by atoms with Gasteiger partial charge in [0, 0.05) is 16.6 Å². The van der Waals surface area contributed by atoms with Crippen molar-refractivity contribution in [2.45, 2.75) is 12.8 Å². The van der Waals surface area contributed by atoms with E-state index >= 15 is 0 Å². The number of nitrogens with zero attached hydrogens (tertiary/aromatic N) is 1. The molecule has 0 spiro atoms. The fourth-order valence-corrected chi connectivity index (χ4v) is 2.72. The van der Waals surface area contributed by atoms with Crippen LogP contribution < -0.4 is 9.47 Å². The first kappa shape index (κ1) is 12.0. The Morgan fingerprint density at radius 1 is 1.37 bits per heavy atom. The van der Waals surface area contributed by atoms with Crippen molar-refractivity contribution in [3.8, 4) is 22.1 Å². The Morgan fingerprint density at radius 2 is 2.21 bits per heavy atom. The Hall–Kier alpha value is -2.08. The van der Waals surface area contributed by atoms with Crippen molar-refractivity contribution in [3.63, 3.8) is 0 Å². The van der Waals surface area contributed by atoms with Gasteiger partial charge in [-0.25, -0.2) is 4.98 Å². The van der Waals surface area contributed by atoms with Crippen LogP contribution in [0.4, 0.5) is 0 Å². The molecule has 0 unspecified atom stereocenters. The summed E-state index contributed by atoms with van der Waals surface area (Å²) >= 11 is 1.50. The predicted octanol–water partition coefficient (Wildman–Crippen LogP) is 2.56. The smallest absolute Gasteiger partial charge is 0.303 e. The van der Waals surface area contributed by atoms with Crippen molar-refractivity contribution in [2.24, 2.45) is 0 Å². The van der Waals surface area contributed by atoms with Crippen molar-refractivity contribution in [1.29, 1.82) is 0 Å². The summed E-state index contributed by atoms with van der Waals surface area (Å²) < 4.78 is 10.6. The van der Waals surface area contributed by atoms with Crippen molar-refractivity contribution in [2.75, 3.05) is 6.79 Å². The molecule has 0 fully saturated rings. The lowest BCUT2D eigenvalue weighted by atomic mass is 10.2. The molecule has 98 valence electrons. The van der Waals surface area contributed by atoms with E-state index in [0.717, 1.165) is 26.9 Å². The van der Waals surface area contributed by atoms with Crippen LogP contribution >= 0.6 is 11.3 Å². The van der Waals surface area contributed by atoms with Gasteiger partial charge in [-0.3, -0.25) is 4.79 Å². The standard InChI is InChI=1S/C13H11NO4S/c15-12(16)4-2-9-6-14-13(19-9)8-1-3-10-11(5-8)18-7-17-10/h1,3,5-6H,2,4,7H2,(H,15,16). The Kier molecular flexibility index (Phi) is 3.08. The minimum atomic E-state index is -0.793. The van der Waals surface area contributed by atoms with E-state index in [1.165, 1.54) is 11.3 Å². The summed E-state index contributed by atoms with van der Waals surface area (Å²) in [5.74, 6) is 0.671. The van der Waals surface area contributed by atoms with Gasteiger partial charge in [-0.05, 0) is 24.6 Å². The molecule has 0 saturated carbocycles. The van der Waals surface area contributed by atoms with Gasteiger partial charge in [-0.15, -0.1) is 11.3 Å². The average Bonchev–Trinajstić information content (AvgIpc) is 3.04. The second kappa shape index (κ2) is 4.89. The summed E-state index contributed by atoms with van der Waals surface area (Å²) in [6.45, 7) is 0.251. The quantitative estimate of drug-likeness (QED) is 0.930. The molecule has 5 nitrogen and oxygen atoms in total. The second-order valence-corrected chi connectivity index (χ2v) is 5.21. The van der Waals surface area contributed by atoms with Gasteiger partial charge in [0.15, 0.2) is 11.5 Å². The molecule has 3 rings (SSSR count). The van der Waals surface area contributed by atoms with Crippen LogP contribution in [0, 0.1) is 0 Å². The lowest BCUT2D eigenvalue weighted by Crippen LogP contribution is -1.95. The first-order chi connectivity index (χ1) is 9.22. The molecule has 0 amide bonds. The summed E-state index contributed by atoms with van der Waals surface area (Å²) in [4.78, 5) is 15.8. The zero-order chi connectivity index (χ0) is 13.2. The van der Waals surface area contributed by atoms with Crippen LogP contribution in [0.3, 0.4) is 0 Å². The summed E-state index contributed by atoms with van der Waals surface area (Å²) in [6.07, 6.45) is 2.37. The minimum Gasteiger partial charge on any atom is -0.481 e. The van der Waals surface area contributed by atoms with Gasteiger partial charge < -0.3 is 14.6 Å². The number of hydrogen-bond donors (Lipinski definition) is 1. The maximum atomic E-state index is 10.5. The van der Waals surface area contributed by atoms with Gasteiger partial charge in [0.1, 0.15) is 5.01 Å². The van der Waals surface area contributed by atoms with Crippen LogP contribution in [0.15, 0.2) is 24.4 Å². The van der Waals surface area contributed by atoms with Gasteiger partial charge in [0.2, 0.25) is 6.79 Å². The van der Waals surface area contributed by atoms with Crippen molar-refractivity contribution in [3.05, 3.63) is 29.3 Å². The number of benzene rings is 1. The molecule has 2 heterocycles. The minimum absolute atomic E-state index is 0.128. The summed E-state index contributed by atoms with van der Waals surface area (Å²) in [5, 5.41) is 9.52. The van der Waals surface area contributed by atoms with E-state index in [0.29, 0.717) is 6.42 Å². The van der Waals surface area contributed by atoms with E-state index in [4.69, 9.17) is 14.6 Å². The topological polar surface area (TPSA) is 68.7 Å². The normalized spacial score (nSPS) is 12.6. The Morgan fingerprint density at radius 3 is 3.05 bits per heavy atom. The third-order valence-electron chi connectivity index (χ3n) is 2.76. The second-order valence-electron chi connectivity index (χ2n) is 4.09. The van der Waals surface area contributed by atoms with Crippen LogP contribution in [0.25, 0.3) is 10.6 Å². The average molecular weight is 277 g/mol. The largest absolute Gasteiger partial charge is 0.481 e. The zero-order valence-electron chi connectivity index (χ0n) is 9.96. The number of carboxylic acids is 1. The van der Waals surface area contributed by atoms with Crippen LogP contribution in [0.1, 0.15) is 11.3 Å². The molecule has 6 heteroatoms. The monoisotopic (exact) mass is 277 g/mol. The Balaban J connectivity index is 1.80. The maximum Gasteiger partial charge on any atom is 0.303 e. The fourth-order valence-electron chi connectivity index (χ4n) is 1.82. The maximum absolute atomic E-state index is 10.5. The molecule has 0 saturated heterocycles. The van der Waals surface area contributed by atoms with Gasteiger partial charge in [-0.1, -0.05) is 0 Å². The molecular weight excluding hydrogens is 266 g/mol. The first-order valence-electron chi connectivity index (χ1n) is 5.79. The highest BCUT2D eigenvalue weighted by atomic mass is 32.1. The first-order valence-corrected chi connectivity index (χ1v) is 6.60. The highest BCUT2D eigenvalue weighted by Crippen LogP contribution is 2.37. The van der Waals surface area contributed by atoms with Crippen LogP contribution in [0.2, 0.25) is 0 Å². The number of ether oxygens (including phenoxy) is 2. The Labute approximate surface area is 113 Å². The number of thiazole rings is 1. The molecule has 2 aromatic rings.